The van der Waals surface area contributed by atoms with Gasteiger partial charge in [0, 0.05) is 17.9 Å². The molecule has 3 aromatic rings. The van der Waals surface area contributed by atoms with Crippen molar-refractivity contribution in [3.8, 4) is 0 Å². The monoisotopic (exact) mass is 543 g/mol. The van der Waals surface area contributed by atoms with Crippen molar-refractivity contribution >= 4 is 32.9 Å². The third-order valence-corrected chi connectivity index (χ3v) is 8.84. The van der Waals surface area contributed by atoms with Gasteiger partial charge in [0.2, 0.25) is 11.0 Å². The van der Waals surface area contributed by atoms with Crippen LogP contribution in [0.5, 0.6) is 0 Å². The van der Waals surface area contributed by atoms with Crippen molar-refractivity contribution in [2.75, 3.05) is 0 Å². The number of rotatable bonds is 8. The fourth-order valence-corrected chi connectivity index (χ4v) is 6.56. The van der Waals surface area contributed by atoms with Crippen LogP contribution in [0.2, 0.25) is 0 Å². The molecule has 206 valence electrons. The second-order valence-electron chi connectivity index (χ2n) is 10.3. The molecular weight excluding hydrogens is 506 g/mol. The number of nitrogens with one attached hydrogen (secondary N) is 2. The van der Waals surface area contributed by atoms with E-state index in [-0.39, 0.29) is 17.2 Å². The second-order valence-corrected chi connectivity index (χ2v) is 11.9. The summed E-state index contributed by atoms with van der Waals surface area (Å²) in [5, 5.41) is 2.48. The molecule has 0 radical (unpaired) electrons. The Balaban J connectivity index is 0.00000164. The Morgan fingerprint density at radius 2 is 1.74 bits per heavy atom. The van der Waals surface area contributed by atoms with E-state index in [1.165, 1.54) is 12.1 Å². The molecule has 2 amide bonds. The van der Waals surface area contributed by atoms with E-state index in [4.69, 9.17) is 8.83 Å². The minimum Gasteiger partial charge on any atom is -0.440 e. The molecule has 0 bridgehead atoms. The van der Waals surface area contributed by atoms with Crippen LogP contribution in [-0.4, -0.2) is 31.3 Å². The molecule has 0 atom stereocenters. The summed E-state index contributed by atoms with van der Waals surface area (Å²) in [6.07, 6.45) is 4.72. The molecule has 38 heavy (non-hydrogen) atoms. The topological polar surface area (TPSA) is 132 Å². The predicted octanol–water partition coefficient (Wildman–Crippen LogP) is 5.45. The highest BCUT2D eigenvalue weighted by atomic mass is 32.2. The van der Waals surface area contributed by atoms with Gasteiger partial charge < -0.3 is 14.2 Å². The smallest absolute Gasteiger partial charge is 0.297 e. The molecule has 5 rings (SSSR count). The fourth-order valence-electron chi connectivity index (χ4n) is 5.58. The van der Waals surface area contributed by atoms with E-state index in [0.717, 1.165) is 48.2 Å². The minimum atomic E-state index is -4.18. The molecular formula is C28H37N3O6S. The molecule has 10 heteroatoms. The van der Waals surface area contributed by atoms with Gasteiger partial charge >= 0.3 is 0 Å². The molecule has 1 aromatic carbocycles. The van der Waals surface area contributed by atoms with E-state index >= 15 is 0 Å². The van der Waals surface area contributed by atoms with Crippen LogP contribution in [0.25, 0.3) is 11.1 Å². The molecule has 0 saturated heterocycles. The highest BCUT2D eigenvalue weighted by Crippen LogP contribution is 2.61. The molecule has 0 aliphatic heterocycles. The molecule has 1 spiro atoms. The van der Waals surface area contributed by atoms with Gasteiger partial charge in [0.1, 0.15) is 5.52 Å². The van der Waals surface area contributed by atoms with Crippen molar-refractivity contribution < 1.29 is 26.8 Å². The van der Waals surface area contributed by atoms with Gasteiger partial charge in [-0.05, 0) is 80.7 Å². The Bertz CT molecular complexity index is 1410. The Kier molecular flexibility index (Phi) is 8.01. The molecule has 2 heterocycles. The summed E-state index contributed by atoms with van der Waals surface area (Å²) in [6, 6.07) is 8.51. The summed E-state index contributed by atoms with van der Waals surface area (Å²) in [4.78, 5) is 29.5. The number of benzene rings is 1. The Morgan fingerprint density at radius 1 is 1.05 bits per heavy atom. The number of hydrogen-bond donors (Lipinski definition) is 2. The van der Waals surface area contributed by atoms with E-state index < -0.39 is 32.8 Å². The first kappa shape index (κ1) is 27.9. The summed E-state index contributed by atoms with van der Waals surface area (Å²) in [5.41, 5.74) is 3.04. The highest BCUT2D eigenvalue weighted by Gasteiger charge is 2.54. The number of aromatic nitrogens is 1. The van der Waals surface area contributed by atoms with Crippen molar-refractivity contribution in [2.24, 2.45) is 11.3 Å². The summed E-state index contributed by atoms with van der Waals surface area (Å²) in [6.45, 7) is 9.67. The molecule has 2 fully saturated rings. The van der Waals surface area contributed by atoms with Gasteiger partial charge in [-0.2, -0.15) is 8.42 Å². The number of oxazole rings is 1. The van der Waals surface area contributed by atoms with Crippen LogP contribution in [-0.2, 0) is 14.8 Å². The van der Waals surface area contributed by atoms with E-state index in [1.807, 2.05) is 57.5 Å². The zero-order valence-corrected chi connectivity index (χ0v) is 23.5. The van der Waals surface area contributed by atoms with Gasteiger partial charge in [-0.25, -0.2) is 9.71 Å². The molecule has 2 aliphatic rings. The number of nitrogens with zero attached hydrogens (tertiary/aromatic N) is 1. The van der Waals surface area contributed by atoms with Crippen molar-refractivity contribution in [1.82, 2.24) is 15.0 Å². The standard InChI is InChI=1S/C26H31N3O6S.C2H6/c1-4-16(5-2)23(30)29-36(32,33)22-9-8-21(34-22)24(31)27-18-13-26(14-18)11-17(12-26)25-28-19-10-15(3)6-7-20(19)35-25;1-2/h6-10,16-18H,4-5,11-14H2,1-3H3,(H,27,31)(H,29,30);1-2H3. The zero-order valence-electron chi connectivity index (χ0n) is 22.7. The lowest BCUT2D eigenvalue weighted by molar-refractivity contribution is -0.123. The summed E-state index contributed by atoms with van der Waals surface area (Å²) in [5.74, 6) is -0.459. The number of aryl methyl sites for hydroxylation is 1. The lowest BCUT2D eigenvalue weighted by Gasteiger charge is -2.57. The van der Waals surface area contributed by atoms with E-state index in [9.17, 15) is 18.0 Å². The third kappa shape index (κ3) is 5.50. The summed E-state index contributed by atoms with van der Waals surface area (Å²) in [7, 11) is -4.18. The number of furan rings is 1. The first-order chi connectivity index (χ1) is 18.1. The van der Waals surface area contributed by atoms with E-state index in [0.29, 0.717) is 18.8 Å². The van der Waals surface area contributed by atoms with E-state index in [1.54, 1.807) is 0 Å². The van der Waals surface area contributed by atoms with Crippen molar-refractivity contribution in [3.63, 3.8) is 0 Å². The molecule has 9 nitrogen and oxygen atoms in total. The Morgan fingerprint density at radius 3 is 2.39 bits per heavy atom. The van der Waals surface area contributed by atoms with Crippen LogP contribution < -0.4 is 10.0 Å². The van der Waals surface area contributed by atoms with Crippen LogP contribution in [0.4, 0.5) is 0 Å². The van der Waals surface area contributed by atoms with Crippen LogP contribution in [0, 0.1) is 18.3 Å². The first-order valence-corrected chi connectivity index (χ1v) is 14.9. The van der Waals surface area contributed by atoms with Crippen molar-refractivity contribution in [1.29, 1.82) is 0 Å². The van der Waals surface area contributed by atoms with Crippen molar-refractivity contribution in [2.45, 2.75) is 90.2 Å². The molecule has 0 unspecified atom stereocenters. The number of sulfonamides is 1. The maximum absolute atomic E-state index is 12.6. The summed E-state index contributed by atoms with van der Waals surface area (Å²) >= 11 is 0. The van der Waals surface area contributed by atoms with E-state index in [2.05, 4.69) is 10.3 Å². The second kappa shape index (κ2) is 10.9. The van der Waals surface area contributed by atoms with Crippen LogP contribution in [0.15, 0.2) is 44.3 Å². The quantitative estimate of drug-likeness (QED) is 0.386. The van der Waals surface area contributed by atoms with Crippen LogP contribution in [0.1, 0.15) is 94.1 Å². The van der Waals surface area contributed by atoms with Gasteiger partial charge in [0.15, 0.2) is 17.2 Å². The lowest BCUT2D eigenvalue weighted by Crippen LogP contribution is -2.55. The first-order valence-electron chi connectivity index (χ1n) is 13.5. The normalized spacial score (nSPS) is 22.4. The minimum absolute atomic E-state index is 0.00413. The third-order valence-electron chi connectivity index (χ3n) is 7.62. The highest BCUT2D eigenvalue weighted by molar-refractivity contribution is 7.89. The number of carbonyl (C=O) groups excluding carboxylic acids is 2. The number of amides is 2. The molecule has 2 N–H and O–H groups in total. The summed E-state index contributed by atoms with van der Waals surface area (Å²) < 4.78 is 38.3. The van der Waals surface area contributed by atoms with Gasteiger partial charge in [0.05, 0.1) is 0 Å². The average molecular weight is 544 g/mol. The Labute approximate surface area is 223 Å². The maximum atomic E-state index is 12.6. The predicted molar refractivity (Wildman–Crippen MR) is 143 cm³/mol. The number of hydrogen-bond acceptors (Lipinski definition) is 7. The maximum Gasteiger partial charge on any atom is 0.297 e. The van der Waals surface area contributed by atoms with Crippen LogP contribution >= 0.6 is 0 Å². The average Bonchev–Trinajstić information content (AvgIpc) is 3.49. The largest absolute Gasteiger partial charge is 0.440 e. The van der Waals surface area contributed by atoms with Gasteiger partial charge in [-0.3, -0.25) is 9.59 Å². The molecule has 2 saturated carbocycles. The van der Waals surface area contributed by atoms with Crippen LogP contribution in [0.3, 0.4) is 0 Å². The molecule has 2 aromatic heterocycles. The SMILES string of the molecule is CC.CCC(CC)C(=O)NS(=O)(=O)c1ccc(C(=O)NC2CC3(C2)CC(c2nc4cc(C)ccc4o2)C3)o1. The van der Waals surface area contributed by atoms with Gasteiger partial charge in [-0.15, -0.1) is 0 Å². The number of carbonyl (C=O) groups is 2. The fraction of sp³-hybridized carbons (Fsp3) is 0.536. The van der Waals surface area contributed by atoms with Gasteiger partial charge in [-0.1, -0.05) is 33.8 Å². The molecule has 2 aliphatic carbocycles. The Hall–Kier alpha value is -3.14. The zero-order chi connectivity index (χ0) is 27.7. The van der Waals surface area contributed by atoms with Crippen molar-refractivity contribution in [3.05, 3.63) is 47.5 Å². The lowest BCUT2D eigenvalue weighted by atomic mass is 9.50. The van der Waals surface area contributed by atoms with Gasteiger partial charge in [0.25, 0.3) is 15.9 Å². The number of fused-ring (bicyclic) bond motifs is 1.